The van der Waals surface area contributed by atoms with Gasteiger partial charge in [-0.1, -0.05) is 29.3 Å². The van der Waals surface area contributed by atoms with Crippen molar-refractivity contribution in [1.82, 2.24) is 5.32 Å². The van der Waals surface area contributed by atoms with Crippen LogP contribution in [0, 0.1) is 0 Å². The number of furan rings is 1. The van der Waals surface area contributed by atoms with Crippen LogP contribution in [0.5, 0.6) is 0 Å². The molecule has 2 aromatic rings. The summed E-state index contributed by atoms with van der Waals surface area (Å²) in [6.45, 7) is 0.204. The third-order valence-electron chi connectivity index (χ3n) is 3.02. The number of rotatable bonds is 7. The Labute approximate surface area is 142 Å². The normalized spacial score (nSPS) is 11.9. The Morgan fingerprint density at radius 2 is 2.00 bits per heavy atom. The second kappa shape index (κ2) is 8.01. The average molecular weight is 357 g/mol. The fourth-order valence-electron chi connectivity index (χ4n) is 1.87. The lowest BCUT2D eigenvalue weighted by molar-refractivity contribution is -0.141. The van der Waals surface area contributed by atoms with E-state index >= 15 is 0 Å². The molecular weight excluding hydrogens is 343 g/mol. The first-order valence-electron chi connectivity index (χ1n) is 6.70. The fourth-order valence-corrected chi connectivity index (χ4v) is 2.22. The SMILES string of the molecule is O=C(CC(NCc1ccco1)C(=O)O)Nc1cccc(Cl)c1Cl. The van der Waals surface area contributed by atoms with E-state index in [0.717, 1.165) is 0 Å². The van der Waals surface area contributed by atoms with Crippen LogP contribution in [-0.4, -0.2) is 23.0 Å². The van der Waals surface area contributed by atoms with Gasteiger partial charge in [0.15, 0.2) is 0 Å². The van der Waals surface area contributed by atoms with Crippen molar-refractivity contribution in [1.29, 1.82) is 0 Å². The van der Waals surface area contributed by atoms with Gasteiger partial charge in [0.1, 0.15) is 11.8 Å². The lowest BCUT2D eigenvalue weighted by Crippen LogP contribution is -2.39. The largest absolute Gasteiger partial charge is 0.480 e. The van der Waals surface area contributed by atoms with Crippen LogP contribution >= 0.6 is 23.2 Å². The number of amides is 1. The summed E-state index contributed by atoms with van der Waals surface area (Å²) >= 11 is 11.8. The van der Waals surface area contributed by atoms with E-state index < -0.39 is 17.9 Å². The number of carboxylic acids is 1. The van der Waals surface area contributed by atoms with Gasteiger partial charge in [0.2, 0.25) is 5.91 Å². The summed E-state index contributed by atoms with van der Waals surface area (Å²) in [5.74, 6) is -1.05. The Bertz CT molecular complexity index is 689. The van der Waals surface area contributed by atoms with Crippen LogP contribution in [0.4, 0.5) is 5.69 Å². The van der Waals surface area contributed by atoms with Gasteiger partial charge in [0.25, 0.3) is 0 Å². The molecule has 0 aliphatic rings. The smallest absolute Gasteiger partial charge is 0.321 e. The minimum Gasteiger partial charge on any atom is -0.480 e. The van der Waals surface area contributed by atoms with Crippen LogP contribution in [-0.2, 0) is 16.1 Å². The van der Waals surface area contributed by atoms with Crippen LogP contribution in [0.2, 0.25) is 10.0 Å². The summed E-state index contributed by atoms with van der Waals surface area (Å²) in [6.07, 6.45) is 1.22. The number of carbonyl (C=O) groups is 2. The number of aliphatic carboxylic acids is 1. The zero-order valence-corrected chi connectivity index (χ0v) is 13.4. The van der Waals surface area contributed by atoms with Gasteiger partial charge < -0.3 is 14.8 Å². The molecule has 2 rings (SSSR count). The van der Waals surface area contributed by atoms with Crippen molar-refractivity contribution in [3.63, 3.8) is 0 Å². The number of benzene rings is 1. The molecular formula is C15H14Cl2N2O4. The van der Waals surface area contributed by atoms with E-state index in [-0.39, 0.29) is 18.0 Å². The van der Waals surface area contributed by atoms with Crippen molar-refractivity contribution >= 4 is 40.8 Å². The van der Waals surface area contributed by atoms with Gasteiger partial charge in [-0.3, -0.25) is 14.9 Å². The number of hydrogen-bond donors (Lipinski definition) is 3. The van der Waals surface area contributed by atoms with Gasteiger partial charge in [-0.15, -0.1) is 0 Å². The van der Waals surface area contributed by atoms with E-state index in [2.05, 4.69) is 10.6 Å². The van der Waals surface area contributed by atoms with E-state index in [4.69, 9.17) is 27.6 Å². The highest BCUT2D eigenvalue weighted by Crippen LogP contribution is 2.29. The Balaban J connectivity index is 1.95. The molecule has 0 saturated heterocycles. The number of carbonyl (C=O) groups excluding carboxylic acids is 1. The van der Waals surface area contributed by atoms with Crippen LogP contribution in [0.1, 0.15) is 12.2 Å². The van der Waals surface area contributed by atoms with Crippen molar-refractivity contribution < 1.29 is 19.1 Å². The van der Waals surface area contributed by atoms with Gasteiger partial charge >= 0.3 is 5.97 Å². The summed E-state index contributed by atoms with van der Waals surface area (Å²) in [5.41, 5.74) is 0.333. The first-order valence-corrected chi connectivity index (χ1v) is 7.45. The van der Waals surface area contributed by atoms with E-state index in [1.165, 1.54) is 6.26 Å². The number of anilines is 1. The van der Waals surface area contributed by atoms with Gasteiger partial charge in [0.05, 0.1) is 35.0 Å². The van der Waals surface area contributed by atoms with Crippen molar-refractivity contribution in [2.24, 2.45) is 0 Å². The minimum atomic E-state index is -1.14. The standard InChI is InChI=1S/C15H14Cl2N2O4/c16-10-4-1-5-11(14(10)17)19-13(20)7-12(15(21)22)18-8-9-3-2-6-23-9/h1-6,12,18H,7-8H2,(H,19,20)(H,21,22). The van der Waals surface area contributed by atoms with Gasteiger partial charge in [-0.25, -0.2) is 0 Å². The summed E-state index contributed by atoms with van der Waals surface area (Å²) < 4.78 is 5.11. The fraction of sp³-hybridized carbons (Fsp3) is 0.200. The first kappa shape index (κ1) is 17.3. The Morgan fingerprint density at radius 3 is 2.65 bits per heavy atom. The second-order valence-corrected chi connectivity index (χ2v) is 5.49. The van der Waals surface area contributed by atoms with E-state index in [1.807, 2.05) is 0 Å². The van der Waals surface area contributed by atoms with Crippen molar-refractivity contribution in [3.8, 4) is 0 Å². The number of nitrogens with one attached hydrogen (secondary N) is 2. The average Bonchev–Trinajstić information content (AvgIpc) is 3.01. The predicted octanol–water partition coefficient (Wildman–Crippen LogP) is 3.16. The lowest BCUT2D eigenvalue weighted by atomic mass is 10.2. The minimum absolute atomic E-state index is 0.204. The van der Waals surface area contributed by atoms with Gasteiger partial charge in [-0.2, -0.15) is 0 Å². The molecule has 1 atom stereocenters. The van der Waals surface area contributed by atoms with E-state index in [9.17, 15) is 14.7 Å². The monoisotopic (exact) mass is 356 g/mol. The molecule has 122 valence electrons. The highest BCUT2D eigenvalue weighted by molar-refractivity contribution is 6.43. The van der Waals surface area contributed by atoms with Gasteiger partial charge in [-0.05, 0) is 24.3 Å². The maximum absolute atomic E-state index is 12.0. The Hall–Kier alpha value is -2.02. The highest BCUT2D eigenvalue weighted by atomic mass is 35.5. The Morgan fingerprint density at radius 1 is 1.22 bits per heavy atom. The zero-order chi connectivity index (χ0) is 16.8. The molecule has 1 aromatic carbocycles. The van der Waals surface area contributed by atoms with Crippen molar-refractivity contribution in [3.05, 3.63) is 52.4 Å². The van der Waals surface area contributed by atoms with Crippen molar-refractivity contribution in [2.75, 3.05) is 5.32 Å². The van der Waals surface area contributed by atoms with Crippen LogP contribution < -0.4 is 10.6 Å². The first-order chi connectivity index (χ1) is 11.0. The second-order valence-electron chi connectivity index (χ2n) is 4.70. The lowest BCUT2D eigenvalue weighted by Gasteiger charge is -2.14. The molecule has 3 N–H and O–H groups in total. The van der Waals surface area contributed by atoms with Crippen molar-refractivity contribution in [2.45, 2.75) is 19.0 Å². The molecule has 1 heterocycles. The number of hydrogen-bond acceptors (Lipinski definition) is 4. The molecule has 1 unspecified atom stereocenters. The zero-order valence-electron chi connectivity index (χ0n) is 11.9. The number of carboxylic acid groups (broad SMARTS) is 1. The maximum atomic E-state index is 12.0. The van der Waals surface area contributed by atoms with E-state index in [0.29, 0.717) is 16.5 Å². The third kappa shape index (κ3) is 4.99. The molecule has 6 nitrogen and oxygen atoms in total. The predicted molar refractivity (Wildman–Crippen MR) is 86.7 cm³/mol. The summed E-state index contributed by atoms with van der Waals surface area (Å²) in [7, 11) is 0. The van der Waals surface area contributed by atoms with Crippen LogP contribution in [0.15, 0.2) is 41.0 Å². The molecule has 0 bridgehead atoms. The van der Waals surface area contributed by atoms with Gasteiger partial charge in [0, 0.05) is 0 Å². The molecule has 0 spiro atoms. The molecule has 0 saturated carbocycles. The molecule has 0 aliphatic carbocycles. The molecule has 0 radical (unpaired) electrons. The topological polar surface area (TPSA) is 91.6 Å². The summed E-state index contributed by atoms with van der Waals surface area (Å²) in [6, 6.07) is 7.15. The summed E-state index contributed by atoms with van der Waals surface area (Å²) in [4.78, 5) is 23.3. The third-order valence-corrected chi connectivity index (χ3v) is 3.83. The van der Waals surface area contributed by atoms with Crippen LogP contribution in [0.3, 0.4) is 0 Å². The molecule has 0 aliphatic heterocycles. The molecule has 1 aromatic heterocycles. The Kier molecular flexibility index (Phi) is 6.04. The molecule has 0 fully saturated rings. The van der Waals surface area contributed by atoms with Crippen LogP contribution in [0.25, 0.3) is 0 Å². The quantitative estimate of drug-likeness (QED) is 0.708. The number of halogens is 2. The summed E-state index contributed by atoms with van der Waals surface area (Å²) in [5, 5.41) is 15.0. The maximum Gasteiger partial charge on any atom is 0.321 e. The van der Waals surface area contributed by atoms with E-state index in [1.54, 1.807) is 30.3 Å². The molecule has 1 amide bonds. The highest BCUT2D eigenvalue weighted by Gasteiger charge is 2.21. The molecule has 8 heteroatoms. The molecule has 23 heavy (non-hydrogen) atoms.